The zero-order chi connectivity index (χ0) is 17.1. The van der Waals surface area contributed by atoms with Gasteiger partial charge in [-0.15, -0.1) is 11.3 Å². The number of aryl methyl sites for hydroxylation is 1. The molecule has 0 radical (unpaired) electrons. The summed E-state index contributed by atoms with van der Waals surface area (Å²) in [6, 6.07) is 8.68. The lowest BCUT2D eigenvalue weighted by Crippen LogP contribution is -2.34. The van der Waals surface area contributed by atoms with Gasteiger partial charge in [0.15, 0.2) is 5.11 Å². The highest BCUT2D eigenvalue weighted by molar-refractivity contribution is 7.80. The molecule has 0 saturated heterocycles. The first-order valence-electron chi connectivity index (χ1n) is 7.59. The molecule has 1 aliphatic carbocycles. The lowest BCUT2D eigenvalue weighted by Gasteiger charge is -2.14. The van der Waals surface area contributed by atoms with Crippen molar-refractivity contribution in [3.05, 3.63) is 51.9 Å². The quantitative estimate of drug-likeness (QED) is 0.821. The van der Waals surface area contributed by atoms with Crippen LogP contribution in [0.15, 0.2) is 30.3 Å². The predicted octanol–water partition coefficient (Wildman–Crippen LogP) is 2.12. The first-order chi connectivity index (χ1) is 11.6. The van der Waals surface area contributed by atoms with Crippen molar-refractivity contribution in [2.45, 2.75) is 25.7 Å². The normalized spacial score (nSPS) is 13.0. The highest BCUT2D eigenvalue weighted by Gasteiger charge is 2.22. The van der Waals surface area contributed by atoms with Crippen molar-refractivity contribution in [3.8, 4) is 0 Å². The lowest BCUT2D eigenvalue weighted by molar-refractivity contribution is -0.254. The molecule has 2 aromatic rings. The van der Waals surface area contributed by atoms with Gasteiger partial charge < -0.3 is 15.2 Å². The van der Waals surface area contributed by atoms with Crippen LogP contribution < -0.4 is 15.7 Å². The molecule has 0 bridgehead atoms. The Morgan fingerprint density at radius 2 is 1.83 bits per heavy atom. The van der Waals surface area contributed by atoms with Gasteiger partial charge in [-0.05, 0) is 55.6 Å². The molecule has 1 aromatic carbocycles. The van der Waals surface area contributed by atoms with Crippen molar-refractivity contribution >= 4 is 45.5 Å². The van der Waals surface area contributed by atoms with Gasteiger partial charge in [0.25, 0.3) is 5.91 Å². The number of rotatable bonds is 3. The monoisotopic (exact) mass is 359 g/mol. The molecule has 0 fully saturated rings. The second kappa shape index (κ2) is 7.11. The number of hydrogen-bond acceptors (Lipinski definition) is 5. The summed E-state index contributed by atoms with van der Waals surface area (Å²) in [6.07, 6.45) is 3.62. The predicted molar refractivity (Wildman–Crippen MR) is 95.4 cm³/mol. The zero-order valence-electron chi connectivity index (χ0n) is 12.8. The van der Waals surface area contributed by atoms with E-state index in [1.165, 1.54) is 11.3 Å². The third kappa shape index (κ3) is 3.47. The van der Waals surface area contributed by atoms with Crippen LogP contribution in [-0.4, -0.2) is 17.0 Å². The summed E-state index contributed by atoms with van der Waals surface area (Å²) in [5, 5.41) is 17.4. The average molecular weight is 359 g/mol. The highest BCUT2D eigenvalue weighted by atomic mass is 32.1. The van der Waals surface area contributed by atoms with E-state index in [1.54, 1.807) is 24.3 Å². The molecule has 0 aliphatic heterocycles. The maximum atomic E-state index is 12.1. The summed E-state index contributed by atoms with van der Waals surface area (Å²) in [4.78, 5) is 24.7. The molecule has 24 heavy (non-hydrogen) atoms. The van der Waals surface area contributed by atoms with Crippen molar-refractivity contribution in [1.29, 1.82) is 0 Å². The van der Waals surface area contributed by atoms with Gasteiger partial charge in [-0.3, -0.25) is 10.1 Å². The number of aromatic carboxylic acids is 1. The van der Waals surface area contributed by atoms with E-state index in [9.17, 15) is 14.7 Å². The van der Waals surface area contributed by atoms with Crippen LogP contribution in [0.1, 0.15) is 44.0 Å². The van der Waals surface area contributed by atoms with Crippen LogP contribution in [0.5, 0.6) is 0 Å². The van der Waals surface area contributed by atoms with Crippen LogP contribution in [0.4, 0.5) is 5.00 Å². The summed E-state index contributed by atoms with van der Waals surface area (Å²) in [7, 11) is 0. The number of nitrogens with one attached hydrogen (secondary N) is 2. The first-order valence-corrected chi connectivity index (χ1v) is 8.82. The highest BCUT2D eigenvalue weighted by Crippen LogP contribution is 2.37. The van der Waals surface area contributed by atoms with E-state index in [0.717, 1.165) is 36.1 Å². The number of amides is 1. The van der Waals surface area contributed by atoms with E-state index in [1.807, 2.05) is 6.07 Å². The Labute approximate surface area is 148 Å². The Balaban J connectivity index is 1.76. The second-order valence-electron chi connectivity index (χ2n) is 5.48. The van der Waals surface area contributed by atoms with E-state index >= 15 is 0 Å². The minimum absolute atomic E-state index is 0.0740. The number of fused-ring (bicyclic) bond motifs is 1. The Kier molecular flexibility index (Phi) is 4.92. The molecule has 7 heteroatoms. The third-order valence-corrected chi connectivity index (χ3v) is 5.28. The van der Waals surface area contributed by atoms with E-state index in [0.29, 0.717) is 10.6 Å². The summed E-state index contributed by atoms with van der Waals surface area (Å²) in [6.45, 7) is 0. The molecule has 0 atom stereocenters. The molecule has 5 nitrogen and oxygen atoms in total. The number of benzene rings is 1. The van der Waals surface area contributed by atoms with Crippen molar-refractivity contribution in [2.24, 2.45) is 0 Å². The Bertz CT molecular complexity index is 800. The molecule has 3 rings (SSSR count). The van der Waals surface area contributed by atoms with E-state index < -0.39 is 5.97 Å². The summed E-state index contributed by atoms with van der Waals surface area (Å²) < 4.78 is 0. The standard InChI is InChI=1S/C17H16N2O3S2/c20-14(10-6-2-1-3-7-10)18-17(23)19-15-13(16(21)22)11-8-4-5-9-12(11)24-15/h1-3,6-7H,4-5,8-9H2,(H,21,22)(H2,18,19,20,23)/p-1. The minimum atomic E-state index is -1.21. The van der Waals surface area contributed by atoms with E-state index in [-0.39, 0.29) is 16.6 Å². The molecule has 0 spiro atoms. The van der Waals surface area contributed by atoms with Crippen molar-refractivity contribution < 1.29 is 14.7 Å². The topological polar surface area (TPSA) is 81.3 Å². The number of carbonyl (C=O) groups excluding carboxylic acids is 2. The van der Waals surface area contributed by atoms with Gasteiger partial charge in [0, 0.05) is 16.0 Å². The molecule has 1 aromatic heterocycles. The molecule has 1 heterocycles. The van der Waals surface area contributed by atoms with Gasteiger partial charge in [0.1, 0.15) is 5.00 Å². The van der Waals surface area contributed by atoms with Gasteiger partial charge >= 0.3 is 0 Å². The zero-order valence-corrected chi connectivity index (χ0v) is 14.4. The second-order valence-corrected chi connectivity index (χ2v) is 6.99. The molecule has 124 valence electrons. The fraction of sp³-hybridized carbons (Fsp3) is 0.235. The number of carboxylic acid groups (broad SMARTS) is 1. The number of hydrogen-bond donors (Lipinski definition) is 2. The third-order valence-electron chi connectivity index (χ3n) is 3.87. The average Bonchev–Trinajstić information content (AvgIpc) is 2.93. The van der Waals surface area contributed by atoms with Gasteiger partial charge in [-0.2, -0.15) is 0 Å². The molecular formula is C17H15N2O3S2-. The molecular weight excluding hydrogens is 344 g/mol. The van der Waals surface area contributed by atoms with Crippen LogP contribution in [0.2, 0.25) is 0 Å². The van der Waals surface area contributed by atoms with E-state index in [2.05, 4.69) is 10.6 Å². The van der Waals surface area contributed by atoms with Crippen LogP contribution in [0.25, 0.3) is 0 Å². The van der Waals surface area contributed by atoms with Gasteiger partial charge in [-0.25, -0.2) is 0 Å². The number of carboxylic acids is 1. The maximum absolute atomic E-state index is 12.1. The summed E-state index contributed by atoms with van der Waals surface area (Å²) in [5.74, 6) is -1.56. The fourth-order valence-corrected chi connectivity index (χ4v) is 4.31. The van der Waals surface area contributed by atoms with Crippen LogP contribution in [0, 0.1) is 0 Å². The van der Waals surface area contributed by atoms with E-state index in [4.69, 9.17) is 12.2 Å². The summed E-state index contributed by atoms with van der Waals surface area (Å²) >= 11 is 6.52. The number of anilines is 1. The maximum Gasteiger partial charge on any atom is 0.257 e. The Hall–Kier alpha value is -2.25. The minimum Gasteiger partial charge on any atom is -0.545 e. The molecule has 0 saturated carbocycles. The van der Waals surface area contributed by atoms with Crippen LogP contribution >= 0.6 is 23.6 Å². The fourth-order valence-electron chi connectivity index (χ4n) is 2.77. The number of thiocarbonyl (C=S) groups is 1. The number of carbonyl (C=O) groups is 2. The van der Waals surface area contributed by atoms with Gasteiger partial charge in [-0.1, -0.05) is 18.2 Å². The van der Waals surface area contributed by atoms with Gasteiger partial charge in [0.05, 0.1) is 5.97 Å². The molecule has 1 amide bonds. The van der Waals surface area contributed by atoms with Crippen molar-refractivity contribution in [1.82, 2.24) is 5.32 Å². The molecule has 1 aliphatic rings. The largest absolute Gasteiger partial charge is 0.545 e. The molecule has 0 unspecified atom stereocenters. The van der Waals surface area contributed by atoms with Crippen LogP contribution in [0.3, 0.4) is 0 Å². The van der Waals surface area contributed by atoms with Crippen molar-refractivity contribution in [3.63, 3.8) is 0 Å². The Morgan fingerprint density at radius 3 is 2.54 bits per heavy atom. The van der Waals surface area contributed by atoms with Crippen LogP contribution in [-0.2, 0) is 12.8 Å². The van der Waals surface area contributed by atoms with Crippen molar-refractivity contribution in [2.75, 3.05) is 5.32 Å². The lowest BCUT2D eigenvalue weighted by atomic mass is 9.95. The van der Waals surface area contributed by atoms with Gasteiger partial charge in [0.2, 0.25) is 0 Å². The first kappa shape index (κ1) is 16.6. The summed E-state index contributed by atoms with van der Waals surface area (Å²) in [5.41, 5.74) is 1.49. The molecule has 2 N–H and O–H groups in total. The number of thiophene rings is 1. The Morgan fingerprint density at radius 1 is 1.12 bits per heavy atom. The SMILES string of the molecule is O=C(NC(=S)Nc1sc2c(c1C(=O)[O-])CCCC2)c1ccccc1. The smallest absolute Gasteiger partial charge is 0.257 e.